The average Bonchev–Trinajstić information content (AvgIpc) is 3.24. The van der Waals surface area contributed by atoms with E-state index in [4.69, 9.17) is 10.7 Å². The highest BCUT2D eigenvalue weighted by molar-refractivity contribution is 7.11. The summed E-state index contributed by atoms with van der Waals surface area (Å²) < 4.78 is 0. The number of halogens is 1. The quantitative estimate of drug-likeness (QED) is 0.784. The molecule has 2 bridgehead atoms. The van der Waals surface area contributed by atoms with Gasteiger partial charge in [0.05, 0.1) is 16.6 Å². The minimum atomic E-state index is 0. The molecule has 134 valence electrons. The molecule has 3 aliphatic rings. The molecule has 3 aliphatic carbocycles. The van der Waals surface area contributed by atoms with Gasteiger partial charge in [0.25, 0.3) is 0 Å². The van der Waals surface area contributed by atoms with Crippen LogP contribution in [-0.2, 0) is 24.1 Å². The average molecular weight is 370 g/mol. The number of amides is 1. The molecule has 0 spiro atoms. The van der Waals surface area contributed by atoms with Gasteiger partial charge in [0.15, 0.2) is 0 Å². The molecule has 1 aromatic heterocycles. The third kappa shape index (κ3) is 3.49. The molecule has 1 aromatic rings. The Labute approximate surface area is 154 Å². The van der Waals surface area contributed by atoms with Gasteiger partial charge in [-0.3, -0.25) is 4.79 Å². The number of aryl methyl sites for hydroxylation is 3. The monoisotopic (exact) mass is 369 g/mol. The van der Waals surface area contributed by atoms with Crippen molar-refractivity contribution >= 4 is 29.7 Å². The van der Waals surface area contributed by atoms with E-state index in [2.05, 4.69) is 5.32 Å². The Balaban J connectivity index is 0.00000169. The van der Waals surface area contributed by atoms with Crippen molar-refractivity contribution in [3.63, 3.8) is 0 Å². The topological polar surface area (TPSA) is 68.0 Å². The van der Waals surface area contributed by atoms with E-state index >= 15 is 0 Å². The maximum atomic E-state index is 12.4. The molecule has 4 unspecified atom stereocenters. The van der Waals surface area contributed by atoms with Gasteiger partial charge in [0, 0.05) is 23.9 Å². The highest BCUT2D eigenvalue weighted by atomic mass is 35.5. The first kappa shape index (κ1) is 18.2. The molecule has 3 N–H and O–H groups in total. The summed E-state index contributed by atoms with van der Waals surface area (Å²) in [5.74, 6) is 1.40. The second-order valence-electron chi connectivity index (χ2n) is 7.52. The fourth-order valence-electron chi connectivity index (χ4n) is 4.81. The van der Waals surface area contributed by atoms with E-state index in [0.717, 1.165) is 25.8 Å². The van der Waals surface area contributed by atoms with Crippen LogP contribution in [0.2, 0.25) is 0 Å². The van der Waals surface area contributed by atoms with E-state index in [1.807, 2.05) is 11.3 Å². The van der Waals surface area contributed by atoms with Crippen LogP contribution in [0.1, 0.15) is 54.1 Å². The van der Waals surface area contributed by atoms with Crippen molar-refractivity contribution in [1.29, 1.82) is 0 Å². The SMILES string of the molecule is Cl.NC1C2CCC(C2)C1C(=O)NCCCc1nc2c(s1)CCCC2. The molecule has 24 heavy (non-hydrogen) atoms. The summed E-state index contributed by atoms with van der Waals surface area (Å²) in [7, 11) is 0. The van der Waals surface area contributed by atoms with Gasteiger partial charge in [-0.05, 0) is 63.2 Å². The molecule has 4 atom stereocenters. The fraction of sp³-hybridized carbons (Fsp3) is 0.778. The zero-order valence-electron chi connectivity index (χ0n) is 14.1. The van der Waals surface area contributed by atoms with Crippen LogP contribution in [-0.4, -0.2) is 23.5 Å². The number of carbonyl (C=O) groups is 1. The number of nitrogens with one attached hydrogen (secondary N) is 1. The highest BCUT2D eigenvalue weighted by Crippen LogP contribution is 2.47. The van der Waals surface area contributed by atoms with Crippen LogP contribution < -0.4 is 11.1 Å². The molecule has 6 heteroatoms. The molecule has 0 radical (unpaired) electrons. The first-order valence-electron chi connectivity index (χ1n) is 9.23. The van der Waals surface area contributed by atoms with Gasteiger partial charge in [-0.15, -0.1) is 23.7 Å². The molecule has 2 fully saturated rings. The summed E-state index contributed by atoms with van der Waals surface area (Å²) >= 11 is 1.89. The molecule has 2 saturated carbocycles. The Bertz CT molecular complexity index is 565. The van der Waals surface area contributed by atoms with Gasteiger partial charge < -0.3 is 11.1 Å². The molecule has 1 amide bonds. The van der Waals surface area contributed by atoms with Crippen molar-refractivity contribution in [3.8, 4) is 0 Å². The van der Waals surface area contributed by atoms with E-state index in [0.29, 0.717) is 11.8 Å². The van der Waals surface area contributed by atoms with E-state index < -0.39 is 0 Å². The molecule has 0 saturated heterocycles. The van der Waals surface area contributed by atoms with Crippen molar-refractivity contribution in [2.45, 2.75) is 63.8 Å². The summed E-state index contributed by atoms with van der Waals surface area (Å²) in [6, 6.07) is 0.0967. The smallest absolute Gasteiger partial charge is 0.224 e. The lowest BCUT2D eigenvalue weighted by molar-refractivity contribution is -0.127. The molecule has 4 nitrogen and oxygen atoms in total. The van der Waals surface area contributed by atoms with E-state index in [1.54, 1.807) is 0 Å². The van der Waals surface area contributed by atoms with Gasteiger partial charge in [0.2, 0.25) is 5.91 Å². The molecule has 1 heterocycles. The molecular formula is C18H28ClN3OS. The first-order valence-corrected chi connectivity index (χ1v) is 10.0. The lowest BCUT2D eigenvalue weighted by Crippen LogP contribution is -2.45. The Morgan fingerprint density at radius 1 is 1.25 bits per heavy atom. The van der Waals surface area contributed by atoms with E-state index in [1.165, 1.54) is 54.1 Å². The normalized spacial score (nSPS) is 30.7. The minimum absolute atomic E-state index is 0. The zero-order chi connectivity index (χ0) is 15.8. The van der Waals surface area contributed by atoms with Crippen molar-refractivity contribution in [2.24, 2.45) is 23.5 Å². The van der Waals surface area contributed by atoms with Crippen molar-refractivity contribution in [3.05, 3.63) is 15.6 Å². The Morgan fingerprint density at radius 2 is 2.04 bits per heavy atom. The third-order valence-corrected chi connectivity index (χ3v) is 7.26. The first-order chi connectivity index (χ1) is 11.2. The van der Waals surface area contributed by atoms with Crippen molar-refractivity contribution in [2.75, 3.05) is 6.54 Å². The lowest BCUT2D eigenvalue weighted by Gasteiger charge is -2.26. The minimum Gasteiger partial charge on any atom is -0.356 e. The van der Waals surface area contributed by atoms with Crippen molar-refractivity contribution < 1.29 is 4.79 Å². The zero-order valence-corrected chi connectivity index (χ0v) is 15.8. The summed E-state index contributed by atoms with van der Waals surface area (Å²) in [4.78, 5) is 18.7. The van der Waals surface area contributed by atoms with Gasteiger partial charge in [-0.25, -0.2) is 4.98 Å². The van der Waals surface area contributed by atoms with Gasteiger partial charge >= 0.3 is 0 Å². The number of nitrogens with two attached hydrogens (primary N) is 1. The summed E-state index contributed by atoms with van der Waals surface area (Å²) in [6.45, 7) is 0.754. The predicted octanol–water partition coefficient (Wildman–Crippen LogP) is 2.87. The van der Waals surface area contributed by atoms with Crippen molar-refractivity contribution in [1.82, 2.24) is 10.3 Å². The summed E-state index contributed by atoms with van der Waals surface area (Å²) in [6.07, 6.45) is 10.5. The second kappa shape index (κ2) is 7.71. The Hall–Kier alpha value is -0.650. The number of aromatic nitrogens is 1. The van der Waals surface area contributed by atoms with Crippen LogP contribution in [0.25, 0.3) is 0 Å². The number of thiazole rings is 1. The molecule has 0 aromatic carbocycles. The van der Waals surface area contributed by atoms with Gasteiger partial charge in [-0.2, -0.15) is 0 Å². The number of fused-ring (bicyclic) bond motifs is 3. The number of hydrogen-bond acceptors (Lipinski definition) is 4. The molecule has 4 rings (SSSR count). The van der Waals surface area contributed by atoms with Crippen LogP contribution in [0, 0.1) is 17.8 Å². The van der Waals surface area contributed by atoms with E-state index in [9.17, 15) is 4.79 Å². The largest absolute Gasteiger partial charge is 0.356 e. The maximum Gasteiger partial charge on any atom is 0.224 e. The molecule has 0 aliphatic heterocycles. The Kier molecular flexibility index (Phi) is 5.83. The van der Waals surface area contributed by atoms with Crippen LogP contribution >= 0.6 is 23.7 Å². The summed E-state index contributed by atoms with van der Waals surface area (Å²) in [5, 5.41) is 4.38. The van der Waals surface area contributed by atoms with E-state index in [-0.39, 0.29) is 30.3 Å². The number of carbonyl (C=O) groups excluding carboxylic acids is 1. The summed E-state index contributed by atoms with van der Waals surface area (Å²) in [5.41, 5.74) is 7.59. The van der Waals surface area contributed by atoms with Crippen LogP contribution in [0.15, 0.2) is 0 Å². The van der Waals surface area contributed by atoms with Crippen LogP contribution in [0.4, 0.5) is 0 Å². The van der Waals surface area contributed by atoms with Gasteiger partial charge in [-0.1, -0.05) is 0 Å². The number of rotatable bonds is 5. The highest BCUT2D eigenvalue weighted by Gasteiger charge is 2.48. The molecular weight excluding hydrogens is 342 g/mol. The van der Waals surface area contributed by atoms with Crippen LogP contribution in [0.3, 0.4) is 0 Å². The number of hydrogen-bond donors (Lipinski definition) is 2. The third-order valence-electron chi connectivity index (χ3n) is 6.04. The second-order valence-corrected chi connectivity index (χ2v) is 8.68. The fourth-order valence-corrected chi connectivity index (χ4v) is 6.00. The van der Waals surface area contributed by atoms with Crippen LogP contribution in [0.5, 0.6) is 0 Å². The predicted molar refractivity (Wildman–Crippen MR) is 99.6 cm³/mol. The lowest BCUT2D eigenvalue weighted by atomic mass is 9.84. The Morgan fingerprint density at radius 3 is 2.79 bits per heavy atom. The maximum absolute atomic E-state index is 12.4. The van der Waals surface area contributed by atoms with Gasteiger partial charge in [0.1, 0.15) is 0 Å². The standard InChI is InChI=1S/C18H27N3OS.ClH/c19-17-12-8-7-11(10-12)16(17)18(22)20-9-3-6-15-21-13-4-1-2-5-14(13)23-15;/h11-12,16-17H,1-10,19H2,(H,20,22);1H. The number of nitrogens with zero attached hydrogens (tertiary/aromatic N) is 1.